The molecule has 2 rings (SSSR count). The van der Waals surface area contributed by atoms with Crippen molar-refractivity contribution in [1.82, 2.24) is 10.6 Å². The van der Waals surface area contributed by atoms with Crippen LogP contribution in [-0.4, -0.2) is 17.7 Å². The van der Waals surface area contributed by atoms with E-state index in [2.05, 4.69) is 34.9 Å². The highest BCUT2D eigenvalue weighted by atomic mass is 32.1. The van der Waals surface area contributed by atoms with Crippen LogP contribution in [-0.2, 0) is 6.42 Å². The maximum atomic E-state index is 4.99. The van der Waals surface area contributed by atoms with Crippen molar-refractivity contribution in [3.05, 3.63) is 35.9 Å². The van der Waals surface area contributed by atoms with E-state index in [0.29, 0.717) is 6.04 Å². The Morgan fingerprint density at radius 3 is 2.69 bits per heavy atom. The van der Waals surface area contributed by atoms with Crippen LogP contribution in [0.15, 0.2) is 30.3 Å². The smallest absolute Gasteiger partial charge is 0.166 e. The molecule has 2 nitrogen and oxygen atoms in total. The van der Waals surface area contributed by atoms with E-state index in [-0.39, 0.29) is 0 Å². The molecule has 1 fully saturated rings. The molecule has 1 unspecified atom stereocenters. The molecule has 1 aliphatic heterocycles. The zero-order chi connectivity index (χ0) is 9.10. The first-order valence-electron chi connectivity index (χ1n) is 4.43. The minimum absolute atomic E-state index is 0.454. The van der Waals surface area contributed by atoms with Gasteiger partial charge in [-0.25, -0.2) is 0 Å². The number of benzene rings is 1. The molecule has 0 aromatic heterocycles. The highest BCUT2D eigenvalue weighted by Crippen LogP contribution is 2.04. The Kier molecular flexibility index (Phi) is 2.45. The van der Waals surface area contributed by atoms with Crippen LogP contribution in [0.1, 0.15) is 5.56 Å². The third-order valence-corrected chi connectivity index (χ3v) is 2.43. The van der Waals surface area contributed by atoms with E-state index in [1.807, 2.05) is 6.07 Å². The molecule has 0 bridgehead atoms. The summed E-state index contributed by atoms with van der Waals surface area (Å²) in [5.74, 6) is 0. The summed E-state index contributed by atoms with van der Waals surface area (Å²) in [4.78, 5) is 0. The van der Waals surface area contributed by atoms with Crippen LogP contribution in [0, 0.1) is 0 Å². The van der Waals surface area contributed by atoms with E-state index >= 15 is 0 Å². The number of thiocarbonyl (C=S) groups is 1. The predicted octanol–water partition coefficient (Wildman–Crippen LogP) is 1.08. The molecule has 68 valence electrons. The quantitative estimate of drug-likeness (QED) is 0.686. The molecule has 1 aromatic carbocycles. The molecule has 1 aromatic rings. The average molecular weight is 192 g/mol. The van der Waals surface area contributed by atoms with Crippen LogP contribution in [0.5, 0.6) is 0 Å². The topological polar surface area (TPSA) is 24.1 Å². The van der Waals surface area contributed by atoms with Gasteiger partial charge < -0.3 is 10.6 Å². The SMILES string of the molecule is S=C1NCC(Cc2ccccc2)N1. The lowest BCUT2D eigenvalue weighted by molar-refractivity contribution is 0.653. The predicted molar refractivity (Wildman–Crippen MR) is 57.7 cm³/mol. The molecule has 1 saturated heterocycles. The van der Waals surface area contributed by atoms with Gasteiger partial charge in [0.15, 0.2) is 5.11 Å². The molecule has 1 atom stereocenters. The van der Waals surface area contributed by atoms with Gasteiger partial charge in [-0.05, 0) is 24.2 Å². The van der Waals surface area contributed by atoms with E-state index < -0.39 is 0 Å². The Hall–Kier alpha value is -1.09. The lowest BCUT2D eigenvalue weighted by Crippen LogP contribution is -2.28. The standard InChI is InChI=1S/C10H12N2S/c13-10-11-7-9(12-10)6-8-4-2-1-3-5-8/h1-5,9H,6-7H2,(H2,11,12,13). The van der Waals surface area contributed by atoms with Crippen LogP contribution in [0.4, 0.5) is 0 Å². The van der Waals surface area contributed by atoms with Crippen LogP contribution in [0.3, 0.4) is 0 Å². The zero-order valence-electron chi connectivity index (χ0n) is 7.29. The first-order chi connectivity index (χ1) is 6.34. The van der Waals surface area contributed by atoms with Crippen LogP contribution >= 0.6 is 12.2 Å². The Balaban J connectivity index is 1.96. The average Bonchev–Trinajstić information content (AvgIpc) is 2.53. The minimum atomic E-state index is 0.454. The molecule has 0 spiro atoms. The van der Waals surface area contributed by atoms with Crippen molar-refractivity contribution in [2.45, 2.75) is 12.5 Å². The fourth-order valence-electron chi connectivity index (χ4n) is 1.53. The third kappa shape index (κ3) is 2.18. The summed E-state index contributed by atoms with van der Waals surface area (Å²) in [6.07, 6.45) is 1.04. The molecule has 13 heavy (non-hydrogen) atoms. The van der Waals surface area contributed by atoms with Gasteiger partial charge in [-0.15, -0.1) is 0 Å². The second-order valence-electron chi connectivity index (χ2n) is 3.24. The van der Waals surface area contributed by atoms with Crippen molar-refractivity contribution in [2.24, 2.45) is 0 Å². The summed E-state index contributed by atoms with van der Waals surface area (Å²) in [7, 11) is 0. The molecule has 1 heterocycles. The van der Waals surface area contributed by atoms with E-state index in [1.165, 1.54) is 5.56 Å². The van der Waals surface area contributed by atoms with E-state index in [4.69, 9.17) is 12.2 Å². The van der Waals surface area contributed by atoms with Crippen LogP contribution < -0.4 is 10.6 Å². The lowest BCUT2D eigenvalue weighted by Gasteiger charge is -2.08. The van der Waals surface area contributed by atoms with Crippen LogP contribution in [0.2, 0.25) is 0 Å². The second kappa shape index (κ2) is 3.75. The van der Waals surface area contributed by atoms with Gasteiger partial charge in [-0.2, -0.15) is 0 Å². The Morgan fingerprint density at radius 1 is 1.31 bits per heavy atom. The van der Waals surface area contributed by atoms with Gasteiger partial charge in [0.05, 0.1) is 0 Å². The van der Waals surface area contributed by atoms with Crippen molar-refractivity contribution in [3.63, 3.8) is 0 Å². The summed E-state index contributed by atoms with van der Waals surface area (Å²) in [6, 6.07) is 10.9. The van der Waals surface area contributed by atoms with Gasteiger partial charge in [0.1, 0.15) is 0 Å². The fraction of sp³-hybridized carbons (Fsp3) is 0.300. The van der Waals surface area contributed by atoms with Gasteiger partial charge in [-0.3, -0.25) is 0 Å². The number of hydrogen-bond acceptors (Lipinski definition) is 1. The number of nitrogens with one attached hydrogen (secondary N) is 2. The van der Waals surface area contributed by atoms with Crippen molar-refractivity contribution in [1.29, 1.82) is 0 Å². The summed E-state index contributed by atoms with van der Waals surface area (Å²) in [5.41, 5.74) is 1.35. The molecule has 0 amide bonds. The maximum Gasteiger partial charge on any atom is 0.166 e. The summed E-state index contributed by atoms with van der Waals surface area (Å²) in [6.45, 7) is 0.938. The Bertz CT molecular complexity index is 297. The maximum absolute atomic E-state index is 4.99. The highest BCUT2D eigenvalue weighted by Gasteiger charge is 2.16. The third-order valence-electron chi connectivity index (χ3n) is 2.17. The summed E-state index contributed by atoms with van der Waals surface area (Å²) in [5, 5.41) is 7.11. The number of rotatable bonds is 2. The molecular formula is C10H12N2S. The fourth-order valence-corrected chi connectivity index (χ4v) is 1.78. The van der Waals surface area contributed by atoms with Crippen LogP contribution in [0.25, 0.3) is 0 Å². The van der Waals surface area contributed by atoms with Gasteiger partial charge in [0.25, 0.3) is 0 Å². The van der Waals surface area contributed by atoms with Gasteiger partial charge in [-0.1, -0.05) is 30.3 Å². The molecular weight excluding hydrogens is 180 g/mol. The van der Waals surface area contributed by atoms with Crippen molar-refractivity contribution in [2.75, 3.05) is 6.54 Å². The van der Waals surface area contributed by atoms with E-state index in [9.17, 15) is 0 Å². The first kappa shape index (κ1) is 8.51. The van der Waals surface area contributed by atoms with E-state index in [0.717, 1.165) is 18.1 Å². The van der Waals surface area contributed by atoms with Crippen molar-refractivity contribution >= 4 is 17.3 Å². The van der Waals surface area contributed by atoms with Crippen molar-refractivity contribution in [3.8, 4) is 0 Å². The van der Waals surface area contributed by atoms with Gasteiger partial charge in [0.2, 0.25) is 0 Å². The van der Waals surface area contributed by atoms with Gasteiger partial charge >= 0.3 is 0 Å². The van der Waals surface area contributed by atoms with Gasteiger partial charge in [0, 0.05) is 12.6 Å². The Morgan fingerprint density at radius 2 is 2.08 bits per heavy atom. The largest absolute Gasteiger partial charge is 0.361 e. The highest BCUT2D eigenvalue weighted by molar-refractivity contribution is 7.80. The first-order valence-corrected chi connectivity index (χ1v) is 4.84. The molecule has 3 heteroatoms. The van der Waals surface area contributed by atoms with E-state index in [1.54, 1.807) is 0 Å². The molecule has 2 N–H and O–H groups in total. The molecule has 0 aliphatic carbocycles. The molecule has 0 saturated carbocycles. The summed E-state index contributed by atoms with van der Waals surface area (Å²) >= 11 is 4.99. The Labute approximate surface area is 83.3 Å². The zero-order valence-corrected chi connectivity index (χ0v) is 8.10. The molecule has 1 aliphatic rings. The summed E-state index contributed by atoms with van der Waals surface area (Å²) < 4.78 is 0. The minimum Gasteiger partial charge on any atom is -0.361 e. The van der Waals surface area contributed by atoms with Crippen molar-refractivity contribution < 1.29 is 0 Å². The monoisotopic (exact) mass is 192 g/mol. The molecule has 0 radical (unpaired) electrons. The lowest BCUT2D eigenvalue weighted by atomic mass is 10.1. The second-order valence-corrected chi connectivity index (χ2v) is 3.65. The normalized spacial score (nSPS) is 20.9. The number of hydrogen-bond donors (Lipinski definition) is 2.